The molecule has 198 valence electrons. The molecular formula is C30H33N3O5. The number of nitrogens with zero attached hydrogens (tertiary/aromatic N) is 1. The second-order valence-corrected chi connectivity index (χ2v) is 10.7. The lowest BCUT2D eigenvalue weighted by molar-refractivity contribution is -0.142. The molecule has 3 heterocycles. The Hall–Kier alpha value is -3.65. The fraction of sp³-hybridized carbons (Fsp3) is 0.433. The lowest BCUT2D eigenvalue weighted by Gasteiger charge is -2.34. The summed E-state index contributed by atoms with van der Waals surface area (Å²) in [6, 6.07) is 16.0. The number of anilines is 1. The third kappa shape index (κ3) is 4.17. The van der Waals surface area contributed by atoms with Crippen molar-refractivity contribution in [1.82, 2.24) is 10.2 Å². The standard InChI is InChI=1S/C30H33N3O5/c1-37-22-14-8-13-21(17-22)32-27(34)24-23-15-16-30(38-23)25(24)29(36)33(18-19-9-4-2-5-10-19)26(30)28(35)31-20-11-6-3-7-12-20/h2,4-5,8-10,13-17,20,23-26H,3,6-7,11-12,18H2,1H3,(H,31,35)(H,32,34)/t23-,24?,25-,26?,30?/m0/s1. The Labute approximate surface area is 222 Å². The number of likely N-dealkylation sites (tertiary alicyclic amines) is 1. The normalized spacial score (nSPS) is 29.8. The maximum atomic E-state index is 14.1. The molecule has 1 saturated carbocycles. The lowest BCUT2D eigenvalue weighted by Crippen LogP contribution is -2.56. The zero-order chi connectivity index (χ0) is 26.3. The van der Waals surface area contributed by atoms with Crippen molar-refractivity contribution >= 4 is 23.4 Å². The minimum Gasteiger partial charge on any atom is -0.497 e. The summed E-state index contributed by atoms with van der Waals surface area (Å²) in [6.07, 6.45) is 8.34. The smallest absolute Gasteiger partial charge is 0.246 e. The Balaban J connectivity index is 1.31. The van der Waals surface area contributed by atoms with Gasteiger partial charge in [-0.1, -0.05) is 67.8 Å². The molecule has 1 aliphatic carbocycles. The summed E-state index contributed by atoms with van der Waals surface area (Å²) in [6.45, 7) is 0.271. The van der Waals surface area contributed by atoms with Crippen molar-refractivity contribution in [2.45, 2.75) is 62.4 Å². The van der Waals surface area contributed by atoms with Crippen molar-refractivity contribution in [3.05, 3.63) is 72.3 Å². The van der Waals surface area contributed by atoms with Crippen LogP contribution in [0.5, 0.6) is 5.75 Å². The molecule has 2 aromatic carbocycles. The number of benzene rings is 2. The van der Waals surface area contributed by atoms with E-state index in [1.165, 1.54) is 6.42 Å². The highest BCUT2D eigenvalue weighted by Crippen LogP contribution is 2.55. The molecule has 0 aromatic heterocycles. The molecule has 38 heavy (non-hydrogen) atoms. The van der Waals surface area contributed by atoms with Gasteiger partial charge in [0.05, 0.1) is 25.0 Å². The van der Waals surface area contributed by atoms with Crippen molar-refractivity contribution in [3.8, 4) is 5.75 Å². The van der Waals surface area contributed by atoms with Crippen molar-refractivity contribution < 1.29 is 23.9 Å². The Morgan fingerprint density at radius 3 is 2.61 bits per heavy atom. The van der Waals surface area contributed by atoms with Gasteiger partial charge in [0, 0.05) is 24.3 Å². The number of carbonyl (C=O) groups excluding carboxylic acids is 3. The van der Waals surface area contributed by atoms with E-state index in [1.807, 2.05) is 42.5 Å². The van der Waals surface area contributed by atoms with Gasteiger partial charge < -0.3 is 25.0 Å². The Morgan fingerprint density at radius 2 is 1.84 bits per heavy atom. The van der Waals surface area contributed by atoms with E-state index >= 15 is 0 Å². The van der Waals surface area contributed by atoms with E-state index in [-0.39, 0.29) is 30.3 Å². The van der Waals surface area contributed by atoms with Crippen LogP contribution >= 0.6 is 0 Å². The van der Waals surface area contributed by atoms with E-state index in [1.54, 1.807) is 36.3 Å². The number of ether oxygens (including phenoxy) is 2. The molecule has 3 unspecified atom stereocenters. The van der Waals surface area contributed by atoms with E-state index in [9.17, 15) is 14.4 Å². The zero-order valence-electron chi connectivity index (χ0n) is 21.5. The maximum absolute atomic E-state index is 14.1. The van der Waals surface area contributed by atoms with Crippen LogP contribution in [0.4, 0.5) is 5.69 Å². The molecule has 3 amide bonds. The van der Waals surface area contributed by atoms with Crippen molar-refractivity contribution in [3.63, 3.8) is 0 Å². The molecule has 8 heteroatoms. The van der Waals surface area contributed by atoms with Gasteiger partial charge in [-0.15, -0.1) is 0 Å². The summed E-state index contributed by atoms with van der Waals surface area (Å²) in [4.78, 5) is 43.2. The number of carbonyl (C=O) groups is 3. The molecule has 3 aliphatic heterocycles. The van der Waals surface area contributed by atoms with Crippen LogP contribution in [0, 0.1) is 11.8 Å². The van der Waals surface area contributed by atoms with Crippen LogP contribution in [-0.4, -0.2) is 53.5 Å². The summed E-state index contributed by atoms with van der Waals surface area (Å²) >= 11 is 0. The monoisotopic (exact) mass is 515 g/mol. The predicted molar refractivity (Wildman–Crippen MR) is 141 cm³/mol. The SMILES string of the molecule is COc1cccc(NC(=O)C2[C@@H]3C=CC4(O3)C(C(=O)NC3CCCCC3)N(Cc3ccccc3)C(=O)[C@H]24)c1. The van der Waals surface area contributed by atoms with E-state index in [0.29, 0.717) is 11.4 Å². The Bertz CT molecular complexity index is 1260. The number of hydrogen-bond acceptors (Lipinski definition) is 5. The molecular weight excluding hydrogens is 482 g/mol. The van der Waals surface area contributed by atoms with Crippen LogP contribution in [0.15, 0.2) is 66.7 Å². The lowest BCUT2D eigenvalue weighted by atomic mass is 9.74. The number of methoxy groups -OCH3 is 1. The van der Waals surface area contributed by atoms with Gasteiger partial charge in [0.15, 0.2) is 0 Å². The average Bonchev–Trinajstić information content (AvgIpc) is 3.57. The molecule has 2 bridgehead atoms. The van der Waals surface area contributed by atoms with E-state index < -0.39 is 29.6 Å². The van der Waals surface area contributed by atoms with Gasteiger partial charge >= 0.3 is 0 Å². The second-order valence-electron chi connectivity index (χ2n) is 10.7. The number of nitrogens with one attached hydrogen (secondary N) is 2. The largest absolute Gasteiger partial charge is 0.497 e. The van der Waals surface area contributed by atoms with Gasteiger partial charge in [-0.05, 0) is 30.5 Å². The molecule has 1 spiro atoms. The number of rotatable bonds is 7. The molecule has 2 saturated heterocycles. The van der Waals surface area contributed by atoms with Crippen LogP contribution < -0.4 is 15.4 Å². The molecule has 6 rings (SSSR count). The molecule has 3 fully saturated rings. The highest BCUT2D eigenvalue weighted by Gasteiger charge is 2.72. The summed E-state index contributed by atoms with van der Waals surface area (Å²) in [5.74, 6) is -1.65. The van der Waals surface area contributed by atoms with Crippen LogP contribution in [0.2, 0.25) is 0 Å². The number of amides is 3. The molecule has 2 aromatic rings. The van der Waals surface area contributed by atoms with E-state index in [4.69, 9.17) is 9.47 Å². The highest BCUT2D eigenvalue weighted by molar-refractivity contribution is 6.02. The molecule has 0 radical (unpaired) electrons. The first-order chi connectivity index (χ1) is 18.5. The first-order valence-electron chi connectivity index (χ1n) is 13.5. The third-order valence-electron chi connectivity index (χ3n) is 8.41. The van der Waals surface area contributed by atoms with E-state index in [2.05, 4.69) is 10.6 Å². The summed E-state index contributed by atoms with van der Waals surface area (Å²) in [5, 5.41) is 6.17. The van der Waals surface area contributed by atoms with Crippen molar-refractivity contribution in [2.75, 3.05) is 12.4 Å². The Morgan fingerprint density at radius 1 is 1.05 bits per heavy atom. The Kier molecular flexibility index (Phi) is 6.43. The fourth-order valence-electron chi connectivity index (χ4n) is 6.67. The van der Waals surface area contributed by atoms with Crippen LogP contribution in [0.3, 0.4) is 0 Å². The minimum absolute atomic E-state index is 0.0927. The fourth-order valence-corrected chi connectivity index (χ4v) is 6.67. The third-order valence-corrected chi connectivity index (χ3v) is 8.41. The van der Waals surface area contributed by atoms with Crippen LogP contribution in [0.25, 0.3) is 0 Å². The van der Waals surface area contributed by atoms with Gasteiger partial charge in [0.1, 0.15) is 17.4 Å². The number of hydrogen-bond donors (Lipinski definition) is 2. The first kappa shape index (κ1) is 24.7. The van der Waals surface area contributed by atoms with Crippen molar-refractivity contribution in [1.29, 1.82) is 0 Å². The van der Waals surface area contributed by atoms with Gasteiger partial charge in [-0.2, -0.15) is 0 Å². The second kappa shape index (κ2) is 9.91. The topological polar surface area (TPSA) is 97.0 Å². The van der Waals surface area contributed by atoms with Crippen LogP contribution in [0.1, 0.15) is 37.7 Å². The highest BCUT2D eigenvalue weighted by atomic mass is 16.5. The quantitative estimate of drug-likeness (QED) is 0.551. The molecule has 4 aliphatic rings. The van der Waals surface area contributed by atoms with Gasteiger partial charge in [0.25, 0.3) is 0 Å². The van der Waals surface area contributed by atoms with E-state index in [0.717, 1.165) is 31.2 Å². The predicted octanol–water partition coefficient (Wildman–Crippen LogP) is 3.43. The minimum atomic E-state index is -1.17. The summed E-state index contributed by atoms with van der Waals surface area (Å²) < 4.78 is 11.7. The maximum Gasteiger partial charge on any atom is 0.246 e. The number of fused-ring (bicyclic) bond motifs is 1. The van der Waals surface area contributed by atoms with Crippen molar-refractivity contribution in [2.24, 2.45) is 11.8 Å². The van der Waals surface area contributed by atoms with Crippen LogP contribution in [-0.2, 0) is 25.7 Å². The van der Waals surface area contributed by atoms with Gasteiger partial charge in [-0.25, -0.2) is 0 Å². The average molecular weight is 516 g/mol. The molecule has 2 N–H and O–H groups in total. The van der Waals surface area contributed by atoms with Gasteiger partial charge in [0.2, 0.25) is 17.7 Å². The first-order valence-corrected chi connectivity index (χ1v) is 13.5. The zero-order valence-corrected chi connectivity index (χ0v) is 21.5. The summed E-state index contributed by atoms with van der Waals surface area (Å²) in [7, 11) is 1.57. The molecule has 8 nitrogen and oxygen atoms in total. The molecule has 5 atom stereocenters. The van der Waals surface area contributed by atoms with Gasteiger partial charge in [-0.3, -0.25) is 14.4 Å². The summed E-state index contributed by atoms with van der Waals surface area (Å²) in [5.41, 5.74) is 0.322.